The molecule has 0 unspecified atom stereocenters. The topological polar surface area (TPSA) is 59.9 Å². The Hall–Kier alpha value is -2.53. The fraction of sp³-hybridized carbons (Fsp3) is 0.176. The van der Waals surface area contributed by atoms with E-state index in [1.807, 2.05) is 25.1 Å². The van der Waals surface area contributed by atoms with E-state index in [1.54, 1.807) is 30.3 Å². The van der Waals surface area contributed by atoms with Crippen LogP contribution in [0.15, 0.2) is 53.6 Å². The second kappa shape index (κ2) is 8.80. The zero-order valence-electron chi connectivity index (χ0n) is 12.7. The molecule has 0 heterocycles. The Bertz CT molecular complexity index is 689. The molecule has 2 rings (SSSR count). The van der Waals surface area contributed by atoms with Crippen molar-refractivity contribution in [1.29, 1.82) is 0 Å². The van der Waals surface area contributed by atoms with E-state index in [0.29, 0.717) is 23.1 Å². The number of halogens is 1. The van der Waals surface area contributed by atoms with E-state index in [1.165, 1.54) is 6.21 Å². The number of carbonyl (C=O) groups is 1. The lowest BCUT2D eigenvalue weighted by molar-refractivity contribution is -0.123. The Labute approximate surface area is 139 Å². The fourth-order valence-electron chi connectivity index (χ4n) is 1.79. The van der Waals surface area contributed by atoms with E-state index in [4.69, 9.17) is 21.1 Å². The van der Waals surface area contributed by atoms with Gasteiger partial charge < -0.3 is 9.47 Å². The summed E-state index contributed by atoms with van der Waals surface area (Å²) in [5.41, 5.74) is 3.19. The number of hydrogen-bond donors (Lipinski definition) is 1. The van der Waals surface area contributed by atoms with Gasteiger partial charge >= 0.3 is 0 Å². The summed E-state index contributed by atoms with van der Waals surface area (Å²) in [6, 6.07) is 14.3. The van der Waals surface area contributed by atoms with Crippen molar-refractivity contribution in [1.82, 2.24) is 5.43 Å². The molecular formula is C17H17ClN2O3. The van der Waals surface area contributed by atoms with E-state index in [2.05, 4.69) is 10.5 Å². The molecule has 0 atom stereocenters. The Morgan fingerprint density at radius 3 is 2.61 bits per heavy atom. The summed E-state index contributed by atoms with van der Waals surface area (Å²) in [5.74, 6) is 0.753. The first-order chi connectivity index (χ1) is 11.2. The smallest absolute Gasteiger partial charge is 0.277 e. The van der Waals surface area contributed by atoms with Crippen LogP contribution < -0.4 is 14.9 Å². The summed E-state index contributed by atoms with van der Waals surface area (Å²) in [6.45, 7) is 2.25. The maximum atomic E-state index is 11.7. The van der Waals surface area contributed by atoms with Gasteiger partial charge in [0.2, 0.25) is 0 Å². The molecule has 0 aromatic heterocycles. The van der Waals surface area contributed by atoms with Gasteiger partial charge in [-0.2, -0.15) is 5.10 Å². The van der Waals surface area contributed by atoms with Gasteiger partial charge in [0.25, 0.3) is 5.91 Å². The van der Waals surface area contributed by atoms with Gasteiger partial charge in [-0.1, -0.05) is 35.9 Å². The van der Waals surface area contributed by atoms with Gasteiger partial charge in [-0.05, 0) is 36.8 Å². The fourth-order valence-corrected chi connectivity index (χ4v) is 1.98. The third-order valence-corrected chi connectivity index (χ3v) is 2.99. The van der Waals surface area contributed by atoms with E-state index in [9.17, 15) is 4.79 Å². The van der Waals surface area contributed by atoms with Gasteiger partial charge in [-0.25, -0.2) is 5.43 Å². The zero-order chi connectivity index (χ0) is 16.5. The van der Waals surface area contributed by atoms with Crippen LogP contribution in [0.1, 0.15) is 12.5 Å². The second-order valence-corrected chi connectivity index (χ2v) is 4.95. The van der Waals surface area contributed by atoms with Crippen LogP contribution in [0.4, 0.5) is 0 Å². The summed E-state index contributed by atoms with van der Waals surface area (Å²) >= 11 is 5.86. The van der Waals surface area contributed by atoms with Crippen molar-refractivity contribution in [3.05, 3.63) is 59.1 Å². The maximum Gasteiger partial charge on any atom is 0.277 e. The number of rotatable bonds is 7. The highest BCUT2D eigenvalue weighted by Crippen LogP contribution is 2.26. The summed E-state index contributed by atoms with van der Waals surface area (Å²) in [7, 11) is 0. The van der Waals surface area contributed by atoms with Crippen molar-refractivity contribution in [3.8, 4) is 11.5 Å². The molecule has 0 aliphatic carbocycles. The van der Waals surface area contributed by atoms with Crippen LogP contribution in [0.3, 0.4) is 0 Å². The Balaban J connectivity index is 1.84. The number of para-hydroxylation sites is 2. The third kappa shape index (κ3) is 5.64. The molecule has 0 bridgehead atoms. The molecule has 6 heteroatoms. The predicted octanol–water partition coefficient (Wildman–Crippen LogP) is 3.27. The minimum absolute atomic E-state index is 0.156. The molecular weight excluding hydrogens is 316 g/mol. The molecule has 0 aliphatic heterocycles. The van der Waals surface area contributed by atoms with Gasteiger partial charge in [-0.15, -0.1) is 0 Å². The largest absolute Gasteiger partial charge is 0.490 e. The van der Waals surface area contributed by atoms with Crippen LogP contribution >= 0.6 is 11.6 Å². The zero-order valence-corrected chi connectivity index (χ0v) is 13.4. The number of hydrogen-bond acceptors (Lipinski definition) is 4. The maximum absolute atomic E-state index is 11.7. The quantitative estimate of drug-likeness (QED) is 0.625. The Morgan fingerprint density at radius 1 is 1.17 bits per heavy atom. The van der Waals surface area contributed by atoms with Gasteiger partial charge in [0.15, 0.2) is 18.1 Å². The number of carbonyl (C=O) groups excluding carboxylic acids is 1. The SMILES string of the molecule is CCOc1ccccc1OCC(=O)N/N=C\c1cccc(Cl)c1. The lowest BCUT2D eigenvalue weighted by Crippen LogP contribution is -2.24. The number of nitrogens with zero attached hydrogens (tertiary/aromatic N) is 1. The molecule has 2 aromatic rings. The Kier molecular flexibility index (Phi) is 6.44. The predicted molar refractivity (Wildman–Crippen MR) is 90.3 cm³/mol. The molecule has 0 saturated carbocycles. The highest BCUT2D eigenvalue weighted by molar-refractivity contribution is 6.30. The van der Waals surface area contributed by atoms with E-state index >= 15 is 0 Å². The summed E-state index contributed by atoms with van der Waals surface area (Å²) < 4.78 is 10.9. The highest BCUT2D eigenvalue weighted by Gasteiger charge is 2.06. The van der Waals surface area contributed by atoms with E-state index in [-0.39, 0.29) is 12.5 Å². The Morgan fingerprint density at radius 2 is 1.91 bits per heavy atom. The molecule has 1 N–H and O–H groups in total. The summed E-state index contributed by atoms with van der Waals surface area (Å²) in [4.78, 5) is 11.7. The van der Waals surface area contributed by atoms with Crippen molar-refractivity contribution in [2.75, 3.05) is 13.2 Å². The van der Waals surface area contributed by atoms with Crippen LogP contribution in [0.25, 0.3) is 0 Å². The van der Waals surface area contributed by atoms with Crippen molar-refractivity contribution in [3.63, 3.8) is 0 Å². The van der Waals surface area contributed by atoms with Crippen molar-refractivity contribution in [2.45, 2.75) is 6.92 Å². The number of ether oxygens (including phenoxy) is 2. The standard InChI is InChI=1S/C17H17ClN2O3/c1-2-22-15-8-3-4-9-16(15)23-12-17(21)20-19-11-13-6-5-7-14(18)10-13/h3-11H,2,12H2,1H3,(H,20,21)/b19-11-. The van der Waals surface area contributed by atoms with Gasteiger partial charge in [0.05, 0.1) is 12.8 Å². The average Bonchev–Trinajstić information content (AvgIpc) is 2.54. The van der Waals surface area contributed by atoms with Crippen LogP contribution in [0, 0.1) is 0 Å². The molecule has 2 aromatic carbocycles. The second-order valence-electron chi connectivity index (χ2n) is 4.52. The molecule has 0 radical (unpaired) electrons. The van der Waals surface area contributed by atoms with Gasteiger partial charge in [0.1, 0.15) is 0 Å². The lowest BCUT2D eigenvalue weighted by atomic mass is 10.2. The number of amides is 1. The molecule has 120 valence electrons. The first-order valence-electron chi connectivity index (χ1n) is 7.11. The first-order valence-corrected chi connectivity index (χ1v) is 7.49. The van der Waals surface area contributed by atoms with E-state index in [0.717, 1.165) is 5.56 Å². The molecule has 23 heavy (non-hydrogen) atoms. The van der Waals surface area contributed by atoms with Crippen LogP contribution in [0.5, 0.6) is 11.5 Å². The molecule has 0 fully saturated rings. The minimum Gasteiger partial charge on any atom is -0.490 e. The van der Waals surface area contributed by atoms with Crippen LogP contribution in [-0.2, 0) is 4.79 Å². The monoisotopic (exact) mass is 332 g/mol. The third-order valence-electron chi connectivity index (χ3n) is 2.76. The molecule has 5 nitrogen and oxygen atoms in total. The molecule has 0 spiro atoms. The minimum atomic E-state index is -0.366. The van der Waals surface area contributed by atoms with Crippen molar-refractivity contribution >= 4 is 23.7 Å². The molecule has 0 aliphatic rings. The lowest BCUT2D eigenvalue weighted by Gasteiger charge is -2.10. The van der Waals surface area contributed by atoms with Crippen molar-refractivity contribution in [2.24, 2.45) is 5.10 Å². The molecule has 0 saturated heterocycles. The van der Waals surface area contributed by atoms with E-state index < -0.39 is 0 Å². The molecule has 1 amide bonds. The van der Waals surface area contributed by atoms with Gasteiger partial charge in [-0.3, -0.25) is 4.79 Å². The first kappa shape index (κ1) is 16.8. The summed E-state index contributed by atoms with van der Waals surface area (Å²) in [6.07, 6.45) is 1.51. The number of benzene rings is 2. The van der Waals surface area contributed by atoms with Crippen LogP contribution in [-0.4, -0.2) is 25.3 Å². The van der Waals surface area contributed by atoms with Crippen LogP contribution in [0.2, 0.25) is 5.02 Å². The normalized spacial score (nSPS) is 10.5. The number of hydrazone groups is 1. The number of nitrogens with one attached hydrogen (secondary N) is 1. The van der Waals surface area contributed by atoms with Crippen molar-refractivity contribution < 1.29 is 14.3 Å². The highest BCUT2D eigenvalue weighted by atomic mass is 35.5. The average molecular weight is 333 g/mol. The van der Waals surface area contributed by atoms with Gasteiger partial charge in [0, 0.05) is 5.02 Å². The summed E-state index contributed by atoms with van der Waals surface area (Å²) in [5, 5.41) is 4.47.